The summed E-state index contributed by atoms with van der Waals surface area (Å²) >= 11 is 0. The summed E-state index contributed by atoms with van der Waals surface area (Å²) in [5.41, 5.74) is 4.79. The molecule has 2 aliphatic heterocycles. The number of allylic oxidation sites excluding steroid dienone is 2. The zero-order chi connectivity index (χ0) is 23.5. The van der Waals surface area contributed by atoms with Crippen molar-refractivity contribution in [3.05, 3.63) is 65.7 Å². The van der Waals surface area contributed by atoms with Crippen LogP contribution in [0, 0.1) is 0 Å². The van der Waals surface area contributed by atoms with Gasteiger partial charge >= 0.3 is 6.03 Å². The molecule has 2 N–H and O–H groups in total. The van der Waals surface area contributed by atoms with Crippen molar-refractivity contribution in [3.63, 3.8) is 0 Å². The summed E-state index contributed by atoms with van der Waals surface area (Å²) in [5.74, 6) is 0.994. The number of methoxy groups -OCH3 is 1. The van der Waals surface area contributed by atoms with E-state index >= 15 is 0 Å². The van der Waals surface area contributed by atoms with Gasteiger partial charge in [0.1, 0.15) is 5.75 Å². The van der Waals surface area contributed by atoms with Crippen LogP contribution < -0.4 is 10.1 Å². The number of carbonyl (C=O) groups excluding carboxylic acids is 1. The number of ether oxygens (including phenoxy) is 1. The smallest absolute Gasteiger partial charge is 0.321 e. The molecule has 2 amide bonds. The van der Waals surface area contributed by atoms with E-state index in [4.69, 9.17) is 4.74 Å². The van der Waals surface area contributed by atoms with Gasteiger partial charge in [-0.2, -0.15) is 0 Å². The number of urea groups is 1. The topological polar surface area (TPSA) is 65.0 Å². The van der Waals surface area contributed by atoms with Crippen molar-refractivity contribution in [3.8, 4) is 5.75 Å². The van der Waals surface area contributed by atoms with Gasteiger partial charge < -0.3 is 20.1 Å². The number of fused-ring (bicyclic) bond motifs is 1. The number of hydrogen-bond acceptors (Lipinski definition) is 4. The molecule has 0 aromatic heterocycles. The largest absolute Gasteiger partial charge is 0.497 e. The molecule has 6 heteroatoms. The number of nitrogens with zero attached hydrogens (tertiary/aromatic N) is 2. The molecule has 2 heterocycles. The predicted octanol–water partition coefficient (Wildman–Crippen LogP) is 4.72. The van der Waals surface area contributed by atoms with Crippen LogP contribution >= 0.6 is 0 Å². The fourth-order valence-electron chi connectivity index (χ4n) is 5.85. The van der Waals surface area contributed by atoms with Gasteiger partial charge in [0.25, 0.3) is 0 Å². The molecule has 5 rings (SSSR count). The van der Waals surface area contributed by atoms with E-state index in [-0.39, 0.29) is 30.6 Å². The Kier molecular flexibility index (Phi) is 6.88. The maximum absolute atomic E-state index is 13.2. The van der Waals surface area contributed by atoms with Crippen molar-refractivity contribution in [2.45, 2.75) is 50.1 Å². The maximum atomic E-state index is 13.2. The van der Waals surface area contributed by atoms with E-state index < -0.39 is 0 Å². The molecule has 2 aromatic carbocycles. The highest BCUT2D eigenvalue weighted by atomic mass is 16.5. The second kappa shape index (κ2) is 10.2. The lowest BCUT2D eigenvalue weighted by molar-refractivity contribution is -0.0585. The van der Waals surface area contributed by atoms with Gasteiger partial charge in [-0.15, -0.1) is 0 Å². The second-order valence-corrected chi connectivity index (χ2v) is 9.64. The van der Waals surface area contributed by atoms with Crippen LogP contribution in [0.3, 0.4) is 0 Å². The molecule has 2 saturated heterocycles. The Balaban J connectivity index is 1.31. The Bertz CT molecular complexity index is 1020. The van der Waals surface area contributed by atoms with Gasteiger partial charge in [0, 0.05) is 36.8 Å². The molecule has 1 aliphatic carbocycles. The van der Waals surface area contributed by atoms with Crippen molar-refractivity contribution in [1.82, 2.24) is 9.80 Å². The van der Waals surface area contributed by atoms with E-state index in [2.05, 4.69) is 40.6 Å². The fraction of sp³-hybridized carbons (Fsp3) is 0.464. The third-order valence-electron chi connectivity index (χ3n) is 7.71. The molecule has 3 aliphatic rings. The van der Waals surface area contributed by atoms with Gasteiger partial charge in [-0.3, -0.25) is 4.90 Å². The zero-order valence-electron chi connectivity index (χ0n) is 20.0. The number of benzene rings is 2. The molecule has 6 nitrogen and oxygen atoms in total. The van der Waals surface area contributed by atoms with Crippen molar-refractivity contribution in [2.24, 2.45) is 0 Å². The Morgan fingerprint density at radius 3 is 2.50 bits per heavy atom. The number of anilines is 1. The number of nitrogens with one attached hydrogen (secondary N) is 1. The van der Waals surface area contributed by atoms with Crippen LogP contribution in [0.5, 0.6) is 5.75 Å². The first kappa shape index (κ1) is 22.9. The quantitative estimate of drug-likeness (QED) is 0.676. The van der Waals surface area contributed by atoms with Gasteiger partial charge in [-0.1, -0.05) is 30.3 Å². The van der Waals surface area contributed by atoms with Crippen LogP contribution in [0.15, 0.2) is 54.6 Å². The summed E-state index contributed by atoms with van der Waals surface area (Å²) in [6.45, 7) is 2.53. The third kappa shape index (κ3) is 4.57. The average molecular weight is 462 g/mol. The maximum Gasteiger partial charge on any atom is 0.321 e. The van der Waals surface area contributed by atoms with Crippen LogP contribution in [-0.2, 0) is 0 Å². The Labute approximate surface area is 202 Å². The minimum Gasteiger partial charge on any atom is -0.497 e. The number of rotatable bonds is 5. The first-order chi connectivity index (χ1) is 16.7. The van der Waals surface area contributed by atoms with E-state index in [1.165, 1.54) is 29.5 Å². The van der Waals surface area contributed by atoms with Crippen LogP contribution in [0.25, 0.3) is 5.57 Å². The van der Waals surface area contributed by atoms with Crippen molar-refractivity contribution in [1.29, 1.82) is 0 Å². The Morgan fingerprint density at radius 1 is 1.06 bits per heavy atom. The highest BCUT2D eigenvalue weighted by Gasteiger charge is 2.49. The minimum atomic E-state index is -0.0678. The molecule has 0 radical (unpaired) electrons. The zero-order valence-corrected chi connectivity index (χ0v) is 20.0. The van der Waals surface area contributed by atoms with Crippen molar-refractivity contribution >= 4 is 17.3 Å². The summed E-state index contributed by atoms with van der Waals surface area (Å²) in [6.07, 6.45) is 7.93. The molecule has 180 valence electrons. The number of aliphatic hydroxyl groups excluding tert-OH is 1. The van der Waals surface area contributed by atoms with Gasteiger partial charge in [0.2, 0.25) is 0 Å². The predicted molar refractivity (Wildman–Crippen MR) is 135 cm³/mol. The second-order valence-electron chi connectivity index (χ2n) is 9.64. The molecule has 2 fully saturated rings. The summed E-state index contributed by atoms with van der Waals surface area (Å²) in [6, 6.07) is 16.6. The van der Waals surface area contributed by atoms with E-state index in [9.17, 15) is 9.90 Å². The average Bonchev–Trinajstić information content (AvgIpc) is 3.39. The molecule has 2 aromatic rings. The molecule has 34 heavy (non-hydrogen) atoms. The molecule has 3 atom stereocenters. The summed E-state index contributed by atoms with van der Waals surface area (Å²) in [5, 5.41) is 13.3. The van der Waals surface area contributed by atoms with E-state index in [0.29, 0.717) is 6.54 Å². The first-order valence-corrected chi connectivity index (χ1v) is 12.5. The van der Waals surface area contributed by atoms with Crippen LogP contribution in [0.1, 0.15) is 49.1 Å². The lowest BCUT2D eigenvalue weighted by Gasteiger charge is -2.57. The first-order valence-electron chi connectivity index (χ1n) is 12.5. The lowest BCUT2D eigenvalue weighted by Crippen LogP contribution is -2.68. The Morgan fingerprint density at radius 2 is 1.82 bits per heavy atom. The van der Waals surface area contributed by atoms with Crippen molar-refractivity contribution in [2.75, 3.05) is 38.7 Å². The molecular weight excluding hydrogens is 426 g/mol. The van der Waals surface area contributed by atoms with Gasteiger partial charge in [-0.25, -0.2) is 4.79 Å². The highest BCUT2D eigenvalue weighted by Crippen LogP contribution is 2.42. The summed E-state index contributed by atoms with van der Waals surface area (Å²) in [4.78, 5) is 17.5. The van der Waals surface area contributed by atoms with E-state index in [1.807, 2.05) is 29.2 Å². The monoisotopic (exact) mass is 461 g/mol. The minimum absolute atomic E-state index is 0.0678. The normalized spacial score (nSPS) is 24.9. The van der Waals surface area contributed by atoms with Crippen LogP contribution in [-0.4, -0.2) is 66.4 Å². The molecule has 0 spiro atoms. The molecular formula is C28H35N3O3. The summed E-state index contributed by atoms with van der Waals surface area (Å²) < 4.78 is 5.21. The van der Waals surface area contributed by atoms with Gasteiger partial charge in [0.05, 0.1) is 13.7 Å². The molecule has 0 unspecified atom stereocenters. The van der Waals surface area contributed by atoms with E-state index in [0.717, 1.165) is 43.8 Å². The van der Waals surface area contributed by atoms with Crippen molar-refractivity contribution < 1.29 is 14.6 Å². The fourth-order valence-corrected chi connectivity index (χ4v) is 5.85. The number of amides is 2. The van der Waals surface area contributed by atoms with Gasteiger partial charge in [0.15, 0.2) is 0 Å². The van der Waals surface area contributed by atoms with Gasteiger partial charge in [-0.05, 0) is 79.6 Å². The lowest BCUT2D eigenvalue weighted by atomic mass is 9.74. The molecule has 0 bridgehead atoms. The number of hydrogen-bond donors (Lipinski definition) is 2. The standard InChI is InChI=1S/C28H35N3O3/c1-34-24-14-12-23(13-15-24)29-28(33)30-16-4-5-17-31-25(18-30)27(26(31)19-32)22-10-8-21(9-11-22)20-6-2-3-7-20/h6,8-15,25-27,32H,2-5,7,16-19H2,1H3,(H,29,33)/t25-,26+,27-/m1/s1. The van der Waals surface area contributed by atoms with Crippen LogP contribution in [0.2, 0.25) is 0 Å². The molecule has 0 saturated carbocycles. The number of carbonyl (C=O) groups is 1. The van der Waals surface area contributed by atoms with E-state index in [1.54, 1.807) is 7.11 Å². The third-order valence-corrected chi connectivity index (χ3v) is 7.71. The Hall–Kier alpha value is -2.83. The number of aliphatic hydroxyl groups is 1. The van der Waals surface area contributed by atoms with Crippen LogP contribution in [0.4, 0.5) is 10.5 Å². The summed E-state index contributed by atoms with van der Waals surface area (Å²) in [7, 11) is 1.63. The highest BCUT2D eigenvalue weighted by molar-refractivity contribution is 5.89. The SMILES string of the molecule is COc1ccc(NC(=O)N2CCCCN3[C@H](C2)[C@@H](c2ccc(C4=CCCC4)cc2)[C@@H]3CO)cc1.